The van der Waals surface area contributed by atoms with Crippen molar-refractivity contribution < 1.29 is 9.53 Å². The summed E-state index contributed by atoms with van der Waals surface area (Å²) in [6.45, 7) is 6.07. The number of aryl methyl sites for hydroxylation is 3. The Bertz CT molecular complexity index is 1210. The van der Waals surface area contributed by atoms with Crippen molar-refractivity contribution in [3.63, 3.8) is 0 Å². The van der Waals surface area contributed by atoms with Gasteiger partial charge in [0, 0.05) is 16.6 Å². The van der Waals surface area contributed by atoms with Crippen LogP contribution in [0.4, 0.5) is 5.69 Å². The van der Waals surface area contributed by atoms with Crippen LogP contribution in [-0.4, -0.2) is 33.7 Å². The van der Waals surface area contributed by atoms with Gasteiger partial charge in [-0.2, -0.15) is 0 Å². The van der Waals surface area contributed by atoms with Gasteiger partial charge in [0.05, 0.1) is 18.4 Å². The van der Waals surface area contributed by atoms with Crippen molar-refractivity contribution in [1.82, 2.24) is 15.0 Å². The number of carbonyl (C=O) groups is 1. The molecule has 2 aromatic heterocycles. The van der Waals surface area contributed by atoms with Gasteiger partial charge in [0.1, 0.15) is 22.6 Å². The number of fused-ring (bicyclic) bond motifs is 3. The normalized spacial score (nSPS) is 11.2. The summed E-state index contributed by atoms with van der Waals surface area (Å²) in [5.74, 6) is 0.974. The maximum Gasteiger partial charge on any atom is 0.234 e. The van der Waals surface area contributed by atoms with Crippen LogP contribution in [0.5, 0.6) is 5.75 Å². The number of aromatic amines is 1. The Balaban J connectivity index is 1.56. The average molecular weight is 407 g/mol. The summed E-state index contributed by atoms with van der Waals surface area (Å²) < 4.78 is 5.32. The van der Waals surface area contributed by atoms with Crippen molar-refractivity contribution in [1.29, 1.82) is 0 Å². The SMILES string of the molecule is COc1ccc2[nH]c3c(SCC(=O)Nc4c(C)cc(C)cc4C)ncnc3c2c1. The largest absolute Gasteiger partial charge is 0.497 e. The molecule has 4 rings (SSSR count). The minimum Gasteiger partial charge on any atom is -0.497 e. The molecule has 2 aromatic carbocycles. The molecule has 7 heteroatoms. The zero-order valence-electron chi connectivity index (χ0n) is 16.8. The maximum atomic E-state index is 12.6. The Kier molecular flexibility index (Phi) is 5.15. The van der Waals surface area contributed by atoms with Crippen molar-refractivity contribution in [2.75, 3.05) is 18.2 Å². The van der Waals surface area contributed by atoms with Crippen LogP contribution in [0, 0.1) is 20.8 Å². The number of H-pyrrole nitrogens is 1. The number of ether oxygens (including phenoxy) is 1. The highest BCUT2D eigenvalue weighted by atomic mass is 32.2. The summed E-state index contributed by atoms with van der Waals surface area (Å²) >= 11 is 1.39. The summed E-state index contributed by atoms with van der Waals surface area (Å²) in [4.78, 5) is 24.7. The number of hydrogen-bond donors (Lipinski definition) is 2. The number of methoxy groups -OCH3 is 1. The highest BCUT2D eigenvalue weighted by molar-refractivity contribution is 8.00. The van der Waals surface area contributed by atoms with E-state index in [1.807, 2.05) is 32.0 Å². The van der Waals surface area contributed by atoms with Gasteiger partial charge in [0.2, 0.25) is 5.91 Å². The van der Waals surface area contributed by atoms with Gasteiger partial charge in [-0.15, -0.1) is 0 Å². The molecule has 0 spiro atoms. The molecule has 1 amide bonds. The third kappa shape index (κ3) is 3.78. The van der Waals surface area contributed by atoms with E-state index >= 15 is 0 Å². The summed E-state index contributed by atoms with van der Waals surface area (Å²) in [6, 6.07) is 9.95. The molecule has 0 saturated carbocycles. The Labute approximate surface area is 173 Å². The molecule has 0 atom stereocenters. The first-order chi connectivity index (χ1) is 14.0. The van der Waals surface area contributed by atoms with E-state index in [1.54, 1.807) is 7.11 Å². The van der Waals surface area contributed by atoms with Crippen LogP contribution in [-0.2, 0) is 4.79 Å². The van der Waals surface area contributed by atoms with Gasteiger partial charge in [-0.3, -0.25) is 4.79 Å². The van der Waals surface area contributed by atoms with Gasteiger partial charge in [0.25, 0.3) is 0 Å². The highest BCUT2D eigenvalue weighted by Gasteiger charge is 2.14. The third-order valence-electron chi connectivity index (χ3n) is 4.84. The van der Waals surface area contributed by atoms with Crippen molar-refractivity contribution in [3.05, 3.63) is 53.3 Å². The number of rotatable bonds is 5. The molecule has 0 saturated heterocycles. The lowest BCUT2D eigenvalue weighted by Gasteiger charge is -2.12. The van der Waals surface area contributed by atoms with Crippen LogP contribution in [0.2, 0.25) is 0 Å². The van der Waals surface area contributed by atoms with E-state index < -0.39 is 0 Å². The van der Waals surface area contributed by atoms with Crippen LogP contribution >= 0.6 is 11.8 Å². The number of nitrogens with one attached hydrogen (secondary N) is 2. The zero-order chi connectivity index (χ0) is 20.5. The molecule has 0 radical (unpaired) electrons. The van der Waals surface area contributed by atoms with Crippen LogP contribution < -0.4 is 10.1 Å². The molecular weight excluding hydrogens is 384 g/mol. The molecule has 148 valence electrons. The number of anilines is 1. The van der Waals surface area contributed by atoms with E-state index in [0.717, 1.165) is 49.5 Å². The van der Waals surface area contributed by atoms with E-state index in [2.05, 4.69) is 39.3 Å². The molecule has 4 aromatic rings. The fraction of sp³-hybridized carbons (Fsp3) is 0.227. The maximum absolute atomic E-state index is 12.6. The van der Waals surface area contributed by atoms with E-state index in [-0.39, 0.29) is 11.7 Å². The third-order valence-corrected chi connectivity index (χ3v) is 5.82. The minimum absolute atomic E-state index is 0.0606. The first kappa shape index (κ1) is 19.3. The number of carbonyl (C=O) groups excluding carboxylic acids is 1. The quantitative estimate of drug-likeness (QED) is 0.368. The number of benzene rings is 2. The Morgan fingerprint density at radius 3 is 2.62 bits per heavy atom. The number of amides is 1. The topological polar surface area (TPSA) is 79.9 Å². The molecule has 0 fully saturated rings. The van der Waals surface area contributed by atoms with Crippen LogP contribution in [0.15, 0.2) is 41.7 Å². The fourth-order valence-electron chi connectivity index (χ4n) is 3.57. The molecule has 2 heterocycles. The fourth-order valence-corrected chi connectivity index (χ4v) is 4.33. The van der Waals surface area contributed by atoms with Crippen molar-refractivity contribution in [2.45, 2.75) is 25.8 Å². The smallest absolute Gasteiger partial charge is 0.234 e. The van der Waals surface area contributed by atoms with Gasteiger partial charge in [0.15, 0.2) is 0 Å². The summed E-state index contributed by atoms with van der Waals surface area (Å²) in [7, 11) is 1.64. The van der Waals surface area contributed by atoms with Crippen LogP contribution in [0.25, 0.3) is 21.9 Å². The lowest BCUT2D eigenvalue weighted by Crippen LogP contribution is -2.16. The summed E-state index contributed by atoms with van der Waals surface area (Å²) in [5, 5.41) is 4.75. The zero-order valence-corrected chi connectivity index (χ0v) is 17.6. The van der Waals surface area contributed by atoms with E-state index in [1.165, 1.54) is 23.7 Å². The molecule has 6 nitrogen and oxygen atoms in total. The van der Waals surface area contributed by atoms with Gasteiger partial charge >= 0.3 is 0 Å². The van der Waals surface area contributed by atoms with Gasteiger partial charge < -0.3 is 15.0 Å². The minimum atomic E-state index is -0.0606. The second-order valence-electron chi connectivity index (χ2n) is 7.05. The lowest BCUT2D eigenvalue weighted by atomic mass is 10.1. The van der Waals surface area contributed by atoms with E-state index in [4.69, 9.17) is 4.74 Å². The van der Waals surface area contributed by atoms with Gasteiger partial charge in [-0.05, 0) is 50.1 Å². The highest BCUT2D eigenvalue weighted by Crippen LogP contribution is 2.32. The Morgan fingerprint density at radius 2 is 1.90 bits per heavy atom. The van der Waals surface area contributed by atoms with Gasteiger partial charge in [-0.25, -0.2) is 9.97 Å². The number of nitrogens with zero attached hydrogens (tertiary/aromatic N) is 2. The molecule has 0 unspecified atom stereocenters. The van der Waals surface area contributed by atoms with Crippen LogP contribution in [0.1, 0.15) is 16.7 Å². The van der Waals surface area contributed by atoms with E-state index in [9.17, 15) is 4.79 Å². The second kappa shape index (κ2) is 7.75. The van der Waals surface area contributed by atoms with Crippen molar-refractivity contribution in [2.24, 2.45) is 0 Å². The molecule has 0 bridgehead atoms. The standard InChI is InChI=1S/C22H22N4O2S/c1-12-7-13(2)19(14(3)8-12)26-18(27)10-29-22-21-20(23-11-24-22)16-9-15(28-4)5-6-17(16)25-21/h5-9,11,25H,10H2,1-4H3,(H,26,27). The molecule has 0 aliphatic heterocycles. The van der Waals surface area contributed by atoms with Crippen LogP contribution in [0.3, 0.4) is 0 Å². The number of aromatic nitrogens is 3. The van der Waals surface area contributed by atoms with Crippen molar-refractivity contribution in [3.8, 4) is 5.75 Å². The molecule has 29 heavy (non-hydrogen) atoms. The first-order valence-corrected chi connectivity index (χ1v) is 10.3. The molecule has 0 aliphatic carbocycles. The van der Waals surface area contributed by atoms with Crippen molar-refractivity contribution >= 4 is 45.3 Å². The Hall–Kier alpha value is -3.06. The predicted octanol–water partition coefficient (Wildman–Crippen LogP) is 4.78. The molecular formula is C22H22N4O2S. The summed E-state index contributed by atoms with van der Waals surface area (Å²) in [5.41, 5.74) is 6.81. The summed E-state index contributed by atoms with van der Waals surface area (Å²) in [6.07, 6.45) is 1.53. The lowest BCUT2D eigenvalue weighted by molar-refractivity contribution is -0.113. The monoisotopic (exact) mass is 406 g/mol. The predicted molar refractivity (Wildman–Crippen MR) is 118 cm³/mol. The number of hydrogen-bond acceptors (Lipinski definition) is 5. The first-order valence-electron chi connectivity index (χ1n) is 9.27. The second-order valence-corrected chi connectivity index (χ2v) is 8.01. The Morgan fingerprint density at radius 1 is 1.14 bits per heavy atom. The number of thioether (sulfide) groups is 1. The molecule has 2 N–H and O–H groups in total. The average Bonchev–Trinajstić information content (AvgIpc) is 3.07. The van der Waals surface area contributed by atoms with E-state index in [0.29, 0.717) is 0 Å². The van der Waals surface area contributed by atoms with Gasteiger partial charge in [-0.1, -0.05) is 29.5 Å². The molecule has 0 aliphatic rings.